The standard InChI is InChI=1S/C30H40N6O3Si/c1-20-8-7-9-26-24(17-31-34(26)3)25-15-22(14-21(2)32-25)29(38)33-30-35(18-20)28-16-23(37)10-11-27(28)36(30)19-39-12-13-40(4,5)6/h10-11,14-17,20,37H,7-9,12-13,18-19H2,1-6H3/b33-30-/t20-/m1/s1. The van der Waals surface area contributed by atoms with E-state index in [0.717, 1.165) is 59.3 Å². The van der Waals surface area contributed by atoms with Crippen LogP contribution in [-0.4, -0.2) is 59.7 Å². The molecule has 212 valence electrons. The number of ether oxygens (including phenoxy) is 1. The number of phenolic OH excluding ortho intramolecular Hbond substituents is 1. The van der Waals surface area contributed by atoms with E-state index >= 15 is 0 Å². The molecule has 10 heteroatoms. The van der Waals surface area contributed by atoms with Crippen molar-refractivity contribution in [1.29, 1.82) is 0 Å². The van der Waals surface area contributed by atoms with Gasteiger partial charge in [-0.3, -0.25) is 19.4 Å². The van der Waals surface area contributed by atoms with Gasteiger partial charge in [0.25, 0.3) is 5.91 Å². The molecule has 0 saturated heterocycles. The number of aromatic nitrogens is 3. The van der Waals surface area contributed by atoms with Crippen LogP contribution >= 0.6 is 0 Å². The molecule has 2 aliphatic heterocycles. The number of guanidine groups is 1. The Bertz CT molecular complexity index is 1440. The zero-order chi connectivity index (χ0) is 28.6. The molecule has 5 rings (SSSR count). The van der Waals surface area contributed by atoms with Crippen LogP contribution in [0.2, 0.25) is 25.7 Å². The molecule has 0 spiro atoms. The smallest absolute Gasteiger partial charge is 0.280 e. The Hall–Kier alpha value is -3.50. The number of anilines is 2. The van der Waals surface area contributed by atoms with E-state index in [2.05, 4.69) is 36.6 Å². The van der Waals surface area contributed by atoms with Gasteiger partial charge in [-0.2, -0.15) is 10.1 Å². The second-order valence-corrected chi connectivity index (χ2v) is 17.9. The van der Waals surface area contributed by atoms with Gasteiger partial charge in [0.15, 0.2) is 0 Å². The van der Waals surface area contributed by atoms with Gasteiger partial charge in [0.2, 0.25) is 5.96 Å². The van der Waals surface area contributed by atoms with E-state index in [4.69, 9.17) is 14.7 Å². The molecule has 1 N–H and O–H groups in total. The molecule has 9 nitrogen and oxygen atoms in total. The normalized spacial score (nSPS) is 19.0. The minimum absolute atomic E-state index is 0.177. The number of hydrogen-bond acceptors (Lipinski definition) is 7. The summed E-state index contributed by atoms with van der Waals surface area (Å²) in [6.45, 7) is 12.7. The summed E-state index contributed by atoms with van der Waals surface area (Å²) in [6.07, 6.45) is 4.68. The molecule has 1 amide bonds. The number of nitrogens with zero attached hydrogens (tertiary/aromatic N) is 6. The highest BCUT2D eigenvalue weighted by molar-refractivity contribution is 6.76. The van der Waals surface area contributed by atoms with Crippen LogP contribution < -0.4 is 9.80 Å². The SMILES string of the molecule is Cc1cc2cc(n1)-c1cnn(C)c1CCC[C@@H](C)CN1/C(=N/C2=O)N(COCC[Si](C)(C)C)c2ccc(O)cc21. The maximum Gasteiger partial charge on any atom is 0.280 e. The summed E-state index contributed by atoms with van der Waals surface area (Å²) in [6, 6.07) is 9.96. The summed E-state index contributed by atoms with van der Waals surface area (Å²) in [4.78, 5) is 27.3. The molecule has 0 fully saturated rings. The van der Waals surface area contributed by atoms with Gasteiger partial charge in [0.1, 0.15) is 12.5 Å². The molecule has 1 aromatic carbocycles. The quantitative estimate of drug-likeness (QED) is 0.320. The maximum atomic E-state index is 13.8. The van der Waals surface area contributed by atoms with Gasteiger partial charge in [0, 0.05) is 56.9 Å². The van der Waals surface area contributed by atoms with Crippen molar-refractivity contribution in [2.24, 2.45) is 18.0 Å². The lowest BCUT2D eigenvalue weighted by Gasteiger charge is -2.26. The Morgan fingerprint density at radius 3 is 2.73 bits per heavy atom. The van der Waals surface area contributed by atoms with E-state index in [9.17, 15) is 9.90 Å². The first-order valence-corrected chi connectivity index (χ1v) is 17.8. The minimum atomic E-state index is -1.26. The molecular weight excluding hydrogens is 520 g/mol. The molecule has 4 heterocycles. The highest BCUT2D eigenvalue weighted by Gasteiger charge is 2.35. The van der Waals surface area contributed by atoms with Gasteiger partial charge < -0.3 is 14.7 Å². The zero-order valence-electron chi connectivity index (χ0n) is 24.4. The summed E-state index contributed by atoms with van der Waals surface area (Å²) >= 11 is 0. The molecule has 2 aromatic heterocycles. The van der Waals surface area contributed by atoms with Crippen molar-refractivity contribution in [3.05, 3.63) is 53.5 Å². The van der Waals surface area contributed by atoms with Crippen molar-refractivity contribution in [2.75, 3.05) is 29.7 Å². The van der Waals surface area contributed by atoms with Crippen LogP contribution in [-0.2, 0) is 18.2 Å². The molecule has 3 aromatic rings. The largest absolute Gasteiger partial charge is 0.508 e. The number of aryl methyl sites for hydroxylation is 2. The number of rotatable bonds is 5. The lowest BCUT2D eigenvalue weighted by Crippen LogP contribution is -2.42. The molecule has 40 heavy (non-hydrogen) atoms. The van der Waals surface area contributed by atoms with Crippen LogP contribution in [0.15, 0.2) is 41.5 Å². The highest BCUT2D eigenvalue weighted by Crippen LogP contribution is 2.40. The number of amides is 1. The van der Waals surface area contributed by atoms with E-state index in [1.807, 2.05) is 41.9 Å². The first kappa shape index (κ1) is 28.0. The molecular formula is C30H40N6O3Si. The number of pyridine rings is 1. The van der Waals surface area contributed by atoms with Gasteiger partial charge in [0.05, 0.1) is 23.3 Å². The van der Waals surface area contributed by atoms with Gasteiger partial charge in [-0.1, -0.05) is 26.6 Å². The van der Waals surface area contributed by atoms with Gasteiger partial charge in [-0.05, 0) is 62.4 Å². The fourth-order valence-electron chi connectivity index (χ4n) is 5.36. The predicted octanol–water partition coefficient (Wildman–Crippen LogP) is 5.60. The van der Waals surface area contributed by atoms with Crippen molar-refractivity contribution in [3.63, 3.8) is 0 Å². The molecule has 0 aliphatic carbocycles. The number of phenols is 1. The number of benzene rings is 1. The summed E-state index contributed by atoms with van der Waals surface area (Å²) in [5, 5.41) is 14.9. The van der Waals surface area contributed by atoms with E-state index in [-0.39, 0.29) is 18.4 Å². The average Bonchev–Trinajstić information content (AvgIpc) is 3.37. The molecule has 0 radical (unpaired) electrons. The Morgan fingerprint density at radius 2 is 1.95 bits per heavy atom. The molecule has 0 saturated carbocycles. The Balaban J connectivity index is 1.58. The minimum Gasteiger partial charge on any atom is -0.508 e. The first-order chi connectivity index (χ1) is 19.0. The van der Waals surface area contributed by atoms with E-state index in [1.54, 1.807) is 18.2 Å². The van der Waals surface area contributed by atoms with Crippen LogP contribution in [0.5, 0.6) is 5.75 Å². The lowest BCUT2D eigenvalue weighted by atomic mass is 9.99. The predicted molar refractivity (Wildman–Crippen MR) is 162 cm³/mol. The van der Waals surface area contributed by atoms with E-state index in [1.165, 1.54) is 0 Å². The maximum absolute atomic E-state index is 13.8. The Morgan fingerprint density at radius 1 is 1.15 bits per heavy atom. The van der Waals surface area contributed by atoms with Crippen molar-refractivity contribution in [2.45, 2.75) is 58.8 Å². The summed E-state index contributed by atoms with van der Waals surface area (Å²) in [5.41, 5.74) is 5.75. The highest BCUT2D eigenvalue weighted by atomic mass is 28.3. The first-order valence-electron chi connectivity index (χ1n) is 14.1. The van der Waals surface area contributed by atoms with Crippen LogP contribution in [0, 0.1) is 12.8 Å². The number of carbonyl (C=O) groups is 1. The van der Waals surface area contributed by atoms with Gasteiger partial charge in [-0.15, -0.1) is 0 Å². The Labute approximate surface area is 237 Å². The monoisotopic (exact) mass is 560 g/mol. The second-order valence-electron chi connectivity index (χ2n) is 12.3. The average molecular weight is 561 g/mol. The fourth-order valence-corrected chi connectivity index (χ4v) is 6.12. The number of aliphatic imine (C=N–C) groups is 1. The third-order valence-electron chi connectivity index (χ3n) is 7.58. The van der Waals surface area contributed by atoms with Crippen molar-refractivity contribution < 1.29 is 14.6 Å². The van der Waals surface area contributed by atoms with Crippen LogP contribution in [0.25, 0.3) is 11.3 Å². The number of carbonyl (C=O) groups excluding carboxylic acids is 1. The number of fused-ring (bicyclic) bond motifs is 7. The van der Waals surface area contributed by atoms with Crippen molar-refractivity contribution in [1.82, 2.24) is 14.8 Å². The summed E-state index contributed by atoms with van der Waals surface area (Å²) < 4.78 is 8.08. The molecule has 0 unspecified atom stereocenters. The molecule has 2 aliphatic rings. The molecule has 1 atom stereocenters. The third-order valence-corrected chi connectivity index (χ3v) is 9.29. The number of aromatic hydroxyl groups is 1. The van der Waals surface area contributed by atoms with Gasteiger partial charge >= 0.3 is 0 Å². The summed E-state index contributed by atoms with van der Waals surface area (Å²) in [5.74, 6) is 0.670. The number of hydrogen-bond donors (Lipinski definition) is 1. The topological polar surface area (TPSA) is 96.1 Å². The second kappa shape index (κ2) is 11.2. The Kier molecular flexibility index (Phi) is 7.83. The van der Waals surface area contributed by atoms with Gasteiger partial charge in [-0.25, -0.2) is 0 Å². The lowest BCUT2D eigenvalue weighted by molar-refractivity contribution is 0.100. The fraction of sp³-hybridized carbons (Fsp3) is 0.467. The van der Waals surface area contributed by atoms with Crippen molar-refractivity contribution in [3.8, 4) is 17.0 Å². The summed E-state index contributed by atoms with van der Waals surface area (Å²) in [7, 11) is 0.695. The van der Waals surface area contributed by atoms with Crippen LogP contribution in [0.1, 0.15) is 41.5 Å². The van der Waals surface area contributed by atoms with E-state index < -0.39 is 8.07 Å². The van der Waals surface area contributed by atoms with Crippen LogP contribution in [0.4, 0.5) is 11.4 Å². The van der Waals surface area contributed by atoms with E-state index in [0.29, 0.717) is 30.6 Å². The van der Waals surface area contributed by atoms with Crippen molar-refractivity contribution >= 4 is 31.3 Å². The third kappa shape index (κ3) is 5.97. The zero-order valence-corrected chi connectivity index (χ0v) is 25.4. The van der Waals surface area contributed by atoms with Crippen LogP contribution in [0.3, 0.4) is 0 Å². The molecule has 2 bridgehead atoms.